The summed E-state index contributed by atoms with van der Waals surface area (Å²) in [6.07, 6.45) is 3.74. The predicted molar refractivity (Wildman–Crippen MR) is 116 cm³/mol. The zero-order chi connectivity index (χ0) is 21.1. The van der Waals surface area contributed by atoms with Gasteiger partial charge >= 0.3 is 0 Å². The van der Waals surface area contributed by atoms with Gasteiger partial charge < -0.3 is 9.88 Å². The molecule has 1 aliphatic heterocycles. The van der Waals surface area contributed by atoms with Crippen molar-refractivity contribution in [3.8, 4) is 0 Å². The Morgan fingerprint density at radius 3 is 2.57 bits per heavy atom. The molecule has 1 aromatic heterocycles. The van der Waals surface area contributed by atoms with Crippen LogP contribution in [0.25, 0.3) is 11.0 Å². The summed E-state index contributed by atoms with van der Waals surface area (Å²) in [6.45, 7) is 2.04. The van der Waals surface area contributed by atoms with Crippen molar-refractivity contribution in [1.82, 2.24) is 19.2 Å². The Morgan fingerprint density at radius 2 is 1.83 bits per heavy atom. The first-order chi connectivity index (χ1) is 14.4. The highest BCUT2D eigenvalue weighted by atomic mass is 35.5. The third kappa shape index (κ3) is 4.50. The van der Waals surface area contributed by atoms with Crippen LogP contribution in [-0.4, -0.2) is 41.3 Å². The van der Waals surface area contributed by atoms with Gasteiger partial charge in [0.25, 0.3) is 0 Å². The maximum atomic E-state index is 12.7. The zero-order valence-corrected chi connectivity index (χ0v) is 18.0. The molecule has 1 saturated heterocycles. The lowest BCUT2D eigenvalue weighted by molar-refractivity contribution is -0.121. The van der Waals surface area contributed by atoms with Gasteiger partial charge in [-0.25, -0.2) is 13.4 Å². The number of hydrogen-bond donors (Lipinski definition) is 1. The molecule has 4 rings (SSSR count). The van der Waals surface area contributed by atoms with Crippen molar-refractivity contribution in [2.75, 3.05) is 13.1 Å². The van der Waals surface area contributed by atoms with E-state index in [1.165, 1.54) is 4.31 Å². The number of aryl methyl sites for hydroxylation is 1. The smallest absolute Gasteiger partial charge is 0.243 e. The maximum Gasteiger partial charge on any atom is 0.243 e. The van der Waals surface area contributed by atoms with Crippen LogP contribution < -0.4 is 5.32 Å². The second-order valence-corrected chi connectivity index (χ2v) is 9.73. The van der Waals surface area contributed by atoms with Gasteiger partial charge in [-0.3, -0.25) is 4.79 Å². The minimum Gasteiger partial charge on any atom is -0.352 e. The molecule has 3 aromatic rings. The Balaban J connectivity index is 1.39. The zero-order valence-electron chi connectivity index (χ0n) is 16.4. The highest BCUT2D eigenvalue weighted by Gasteiger charge is 2.27. The van der Waals surface area contributed by atoms with Crippen LogP contribution >= 0.6 is 11.6 Å². The summed E-state index contributed by atoms with van der Waals surface area (Å²) in [5.41, 5.74) is 2.39. The molecule has 0 aliphatic carbocycles. The third-order valence-electron chi connectivity index (χ3n) is 5.28. The van der Waals surface area contributed by atoms with Gasteiger partial charge in [-0.05, 0) is 48.7 Å². The normalized spacial score (nSPS) is 15.0. The van der Waals surface area contributed by atoms with Crippen LogP contribution in [0.1, 0.15) is 24.8 Å². The molecule has 9 heteroatoms. The SMILES string of the molecule is O=C(CCn1cnc2cc(S(=O)(=O)N3CCCC3)ccc21)NCc1ccc(Cl)cc1. The molecule has 0 saturated carbocycles. The molecule has 2 heterocycles. The van der Waals surface area contributed by atoms with Crippen molar-refractivity contribution >= 4 is 38.6 Å². The van der Waals surface area contributed by atoms with Crippen LogP contribution in [0.2, 0.25) is 5.02 Å². The monoisotopic (exact) mass is 446 g/mol. The Labute approximate surface area is 180 Å². The van der Waals surface area contributed by atoms with Crippen molar-refractivity contribution in [1.29, 1.82) is 0 Å². The fourth-order valence-corrected chi connectivity index (χ4v) is 5.24. The lowest BCUT2D eigenvalue weighted by Gasteiger charge is -2.15. The number of amides is 1. The molecule has 0 radical (unpaired) electrons. The number of fused-ring (bicyclic) bond motifs is 1. The van der Waals surface area contributed by atoms with E-state index in [2.05, 4.69) is 10.3 Å². The first kappa shape index (κ1) is 20.8. The standard InChI is InChI=1S/C21H23ClN4O3S/c22-17-5-3-16(4-6-17)14-23-21(27)9-12-25-15-24-19-13-18(7-8-20(19)25)30(28,29)26-10-1-2-11-26/h3-8,13,15H,1-2,9-12,14H2,(H,23,27). The number of nitrogens with one attached hydrogen (secondary N) is 1. The van der Waals surface area contributed by atoms with E-state index in [1.807, 2.05) is 16.7 Å². The van der Waals surface area contributed by atoms with Gasteiger partial charge in [0.1, 0.15) is 0 Å². The van der Waals surface area contributed by atoms with E-state index >= 15 is 0 Å². The number of imidazole rings is 1. The van der Waals surface area contributed by atoms with Crippen LogP contribution in [0.4, 0.5) is 0 Å². The van der Waals surface area contributed by atoms with Crippen LogP contribution in [0, 0.1) is 0 Å². The average Bonchev–Trinajstić information content (AvgIpc) is 3.42. The molecule has 2 aromatic carbocycles. The molecule has 0 bridgehead atoms. The summed E-state index contributed by atoms with van der Waals surface area (Å²) in [6, 6.07) is 12.3. The molecule has 1 amide bonds. The molecule has 1 aliphatic rings. The van der Waals surface area contributed by atoms with Crippen molar-refractivity contribution in [3.63, 3.8) is 0 Å². The number of sulfonamides is 1. The minimum absolute atomic E-state index is 0.0694. The summed E-state index contributed by atoms with van der Waals surface area (Å²) in [7, 11) is -3.47. The van der Waals surface area contributed by atoms with E-state index in [1.54, 1.807) is 36.7 Å². The lowest BCUT2D eigenvalue weighted by atomic mass is 10.2. The summed E-state index contributed by atoms with van der Waals surface area (Å²) in [5, 5.41) is 3.55. The molecule has 0 atom stereocenters. The molecule has 0 unspecified atom stereocenters. The van der Waals surface area contributed by atoms with Crippen LogP contribution in [0.5, 0.6) is 0 Å². The summed E-state index contributed by atoms with van der Waals surface area (Å²) in [4.78, 5) is 16.8. The van der Waals surface area contributed by atoms with Gasteiger partial charge in [0.15, 0.2) is 0 Å². The number of carbonyl (C=O) groups excluding carboxylic acids is 1. The van der Waals surface area contributed by atoms with Gasteiger partial charge in [0.2, 0.25) is 15.9 Å². The van der Waals surface area contributed by atoms with Crippen molar-refractivity contribution in [2.24, 2.45) is 0 Å². The average molecular weight is 447 g/mol. The highest BCUT2D eigenvalue weighted by molar-refractivity contribution is 7.89. The quantitative estimate of drug-likeness (QED) is 0.604. The van der Waals surface area contributed by atoms with Gasteiger partial charge in [-0.2, -0.15) is 4.31 Å². The van der Waals surface area contributed by atoms with Crippen LogP contribution in [0.3, 0.4) is 0 Å². The molecule has 0 spiro atoms. The number of benzene rings is 2. The van der Waals surface area contributed by atoms with Crippen LogP contribution in [-0.2, 0) is 27.9 Å². The second-order valence-electron chi connectivity index (χ2n) is 7.35. The van der Waals surface area contributed by atoms with E-state index in [4.69, 9.17) is 11.6 Å². The van der Waals surface area contributed by atoms with Crippen LogP contribution in [0.15, 0.2) is 53.7 Å². The second kappa shape index (κ2) is 8.75. The first-order valence-electron chi connectivity index (χ1n) is 9.90. The minimum atomic E-state index is -3.47. The number of hydrogen-bond acceptors (Lipinski definition) is 4. The third-order valence-corrected chi connectivity index (χ3v) is 7.42. The summed E-state index contributed by atoms with van der Waals surface area (Å²) in [5.74, 6) is -0.0694. The van der Waals surface area contributed by atoms with Crippen molar-refractivity contribution in [2.45, 2.75) is 37.2 Å². The first-order valence-corrected chi connectivity index (χ1v) is 11.7. The number of rotatable bonds is 7. The van der Waals surface area contributed by atoms with Crippen molar-refractivity contribution < 1.29 is 13.2 Å². The van der Waals surface area contributed by atoms with E-state index in [0.717, 1.165) is 23.9 Å². The number of nitrogens with zero attached hydrogens (tertiary/aromatic N) is 3. The van der Waals surface area contributed by atoms with Crippen molar-refractivity contribution in [3.05, 3.63) is 59.4 Å². The van der Waals surface area contributed by atoms with E-state index in [9.17, 15) is 13.2 Å². The predicted octanol–water partition coefficient (Wildman–Crippen LogP) is 3.18. The topological polar surface area (TPSA) is 84.3 Å². The largest absolute Gasteiger partial charge is 0.352 e. The molecular formula is C21H23ClN4O3S. The fourth-order valence-electron chi connectivity index (χ4n) is 3.57. The van der Waals surface area contributed by atoms with Gasteiger partial charge in [-0.1, -0.05) is 23.7 Å². The lowest BCUT2D eigenvalue weighted by Crippen LogP contribution is -2.27. The number of aromatic nitrogens is 2. The maximum absolute atomic E-state index is 12.7. The van der Waals surface area contributed by atoms with E-state index in [-0.39, 0.29) is 10.8 Å². The highest BCUT2D eigenvalue weighted by Crippen LogP contribution is 2.24. The van der Waals surface area contributed by atoms with E-state index < -0.39 is 10.0 Å². The molecule has 7 nitrogen and oxygen atoms in total. The molecule has 30 heavy (non-hydrogen) atoms. The Hall–Kier alpha value is -2.42. The van der Waals surface area contributed by atoms with Gasteiger partial charge in [-0.15, -0.1) is 0 Å². The van der Waals surface area contributed by atoms with E-state index in [0.29, 0.717) is 43.1 Å². The summed E-state index contributed by atoms with van der Waals surface area (Å²) >= 11 is 5.86. The van der Waals surface area contributed by atoms with Gasteiger partial charge in [0, 0.05) is 37.6 Å². The Kier molecular flexibility index (Phi) is 6.08. The summed E-state index contributed by atoms with van der Waals surface area (Å²) < 4.78 is 28.9. The van der Waals surface area contributed by atoms with Gasteiger partial charge in [0.05, 0.1) is 22.3 Å². The molecule has 1 N–H and O–H groups in total. The molecule has 158 valence electrons. The number of halogens is 1. The Morgan fingerprint density at radius 1 is 1.10 bits per heavy atom. The molecule has 1 fully saturated rings. The fraction of sp³-hybridized carbons (Fsp3) is 0.333. The Bertz CT molecular complexity index is 1150. The number of carbonyl (C=O) groups is 1. The molecular weight excluding hydrogens is 424 g/mol.